The summed E-state index contributed by atoms with van der Waals surface area (Å²) in [6, 6.07) is 24.3. The molecule has 2 aromatic heterocycles. The summed E-state index contributed by atoms with van der Waals surface area (Å²) in [5.41, 5.74) is 7.92. The molecule has 0 saturated carbocycles. The minimum Gasteiger partial charge on any atom is -0.508 e. The number of aromatic nitrogens is 2. The summed E-state index contributed by atoms with van der Waals surface area (Å²) in [5, 5.41) is 19.1. The number of nitrogens with zero attached hydrogens (tertiary/aromatic N) is 3. The first-order valence-electron chi connectivity index (χ1n) is 15.2. The largest absolute Gasteiger partial charge is 0.508 e. The first kappa shape index (κ1) is 35.0. The lowest BCUT2D eigenvalue weighted by molar-refractivity contribution is -0.142. The van der Waals surface area contributed by atoms with Gasteiger partial charge in [0, 0.05) is 46.6 Å². The number of nitrogens with two attached hydrogens (primary N) is 1. The average Bonchev–Trinajstić information content (AvgIpc) is 3.09. The van der Waals surface area contributed by atoms with E-state index in [-0.39, 0.29) is 5.75 Å². The van der Waals surface area contributed by atoms with E-state index in [1.165, 1.54) is 0 Å². The fraction of sp³-hybridized carbons (Fsp3) is 0.184. The molecule has 10 heteroatoms. The van der Waals surface area contributed by atoms with Crippen LogP contribution in [-0.4, -0.2) is 62.9 Å². The summed E-state index contributed by atoms with van der Waals surface area (Å²) in [7, 11) is 1.83. The molecule has 5 N–H and O–H groups in total. The smallest absolute Gasteiger partial charge is 0.321 e. The van der Waals surface area contributed by atoms with E-state index in [4.69, 9.17) is 5.84 Å². The fourth-order valence-electron chi connectivity index (χ4n) is 4.99. The Morgan fingerprint density at radius 1 is 0.958 bits per heavy atom. The number of carboxylic acid groups (broad SMARTS) is 1. The van der Waals surface area contributed by atoms with E-state index in [2.05, 4.69) is 41.1 Å². The molecule has 1 atom stereocenters. The first-order chi connectivity index (χ1) is 23.1. The van der Waals surface area contributed by atoms with Crippen LogP contribution in [-0.2, 0) is 11.2 Å². The summed E-state index contributed by atoms with van der Waals surface area (Å²) in [4.78, 5) is 44.8. The van der Waals surface area contributed by atoms with Crippen molar-refractivity contribution in [2.75, 3.05) is 13.6 Å². The standard InChI is InChI=1S/C24H16N4O2.C14H21NO3/c25-28-24(30)20-13-23(27-22-11-12-26-14-21(20)22)19-9-7-17(8-10-19)2-1-16-3-5-18(15-29)6-4-16;1-10(2)9-15(3)13(14(17)18)8-11-4-6-12(16)7-5-11/h3-15H,25H2,(H,28,30);4-7,10,13,16H,8-9H2,1-3H3,(H,17,18). The molecule has 1 amide bonds. The van der Waals surface area contributed by atoms with Gasteiger partial charge in [-0.3, -0.25) is 29.7 Å². The van der Waals surface area contributed by atoms with Crippen LogP contribution in [0.4, 0.5) is 0 Å². The van der Waals surface area contributed by atoms with Crippen molar-refractivity contribution >= 4 is 29.1 Å². The number of aliphatic carboxylic acids is 1. The number of hydrazine groups is 1. The molecule has 48 heavy (non-hydrogen) atoms. The highest BCUT2D eigenvalue weighted by Crippen LogP contribution is 2.25. The zero-order chi connectivity index (χ0) is 34.6. The van der Waals surface area contributed by atoms with Crippen LogP contribution in [0.3, 0.4) is 0 Å². The number of nitrogens with one attached hydrogen (secondary N) is 1. The van der Waals surface area contributed by atoms with Gasteiger partial charge in [-0.1, -0.05) is 62.1 Å². The highest BCUT2D eigenvalue weighted by molar-refractivity contribution is 6.06. The van der Waals surface area contributed by atoms with Gasteiger partial charge in [-0.15, -0.1) is 0 Å². The maximum atomic E-state index is 12.2. The van der Waals surface area contributed by atoms with Crippen LogP contribution in [0.1, 0.15) is 51.3 Å². The lowest BCUT2D eigenvalue weighted by Crippen LogP contribution is -2.41. The van der Waals surface area contributed by atoms with Crippen molar-refractivity contribution in [3.8, 4) is 28.8 Å². The molecule has 1 unspecified atom stereocenters. The van der Waals surface area contributed by atoms with Crippen LogP contribution in [0.5, 0.6) is 5.75 Å². The number of likely N-dealkylation sites (N-methyl/N-ethyl adjacent to an activating group) is 1. The normalized spacial score (nSPS) is 11.2. The zero-order valence-corrected chi connectivity index (χ0v) is 26.9. The Labute approximate surface area is 279 Å². The highest BCUT2D eigenvalue weighted by atomic mass is 16.4. The molecular weight excluding hydrogens is 606 g/mol. The van der Waals surface area contributed by atoms with Crippen LogP contribution >= 0.6 is 0 Å². The number of carbonyl (C=O) groups is 3. The molecule has 10 nitrogen and oxygen atoms in total. The Hall–Kier alpha value is -5.89. The van der Waals surface area contributed by atoms with Crippen molar-refractivity contribution in [1.29, 1.82) is 0 Å². The predicted octanol–water partition coefficient (Wildman–Crippen LogP) is 5.09. The summed E-state index contributed by atoms with van der Waals surface area (Å²) < 4.78 is 0. The third-order valence-electron chi connectivity index (χ3n) is 7.40. The van der Waals surface area contributed by atoms with Crippen molar-refractivity contribution < 1.29 is 24.6 Å². The minimum atomic E-state index is -0.814. The summed E-state index contributed by atoms with van der Waals surface area (Å²) >= 11 is 0. The van der Waals surface area contributed by atoms with Gasteiger partial charge in [0.25, 0.3) is 5.91 Å². The molecule has 0 saturated heterocycles. The number of amides is 1. The molecule has 5 rings (SSSR count). The monoisotopic (exact) mass is 643 g/mol. The lowest BCUT2D eigenvalue weighted by atomic mass is 10.0. The molecule has 5 aromatic rings. The number of phenols is 1. The summed E-state index contributed by atoms with van der Waals surface area (Å²) in [6.45, 7) is 4.88. The quantitative estimate of drug-likeness (QED) is 0.0564. The average molecular weight is 644 g/mol. The van der Waals surface area contributed by atoms with E-state index >= 15 is 0 Å². The number of hydrogen-bond donors (Lipinski definition) is 4. The number of carboxylic acids is 1. The molecule has 0 aliphatic carbocycles. The van der Waals surface area contributed by atoms with Gasteiger partial charge in [-0.2, -0.15) is 0 Å². The molecule has 0 spiro atoms. The molecule has 0 aliphatic rings. The van der Waals surface area contributed by atoms with E-state index in [0.717, 1.165) is 35.1 Å². The van der Waals surface area contributed by atoms with Gasteiger partial charge in [-0.05, 0) is 73.5 Å². The van der Waals surface area contributed by atoms with Crippen molar-refractivity contribution in [3.05, 3.63) is 125 Å². The molecule has 0 aliphatic heterocycles. The lowest BCUT2D eigenvalue weighted by Gasteiger charge is -2.26. The van der Waals surface area contributed by atoms with E-state index in [0.29, 0.717) is 40.1 Å². The van der Waals surface area contributed by atoms with Gasteiger partial charge in [0.1, 0.15) is 18.1 Å². The molecule has 244 valence electrons. The van der Waals surface area contributed by atoms with Crippen LogP contribution in [0.15, 0.2) is 97.3 Å². The zero-order valence-electron chi connectivity index (χ0n) is 26.9. The van der Waals surface area contributed by atoms with Crippen LogP contribution in [0.2, 0.25) is 0 Å². The Balaban J connectivity index is 0.000000248. The van der Waals surface area contributed by atoms with Crippen molar-refractivity contribution in [2.24, 2.45) is 11.8 Å². The van der Waals surface area contributed by atoms with Gasteiger partial charge < -0.3 is 10.2 Å². The minimum absolute atomic E-state index is 0.196. The Kier molecular flexibility index (Phi) is 12.1. The van der Waals surface area contributed by atoms with Crippen molar-refractivity contribution in [1.82, 2.24) is 20.3 Å². The number of phenolic OH excluding ortho intramolecular Hbond substituents is 1. The van der Waals surface area contributed by atoms with Crippen LogP contribution in [0, 0.1) is 17.8 Å². The Bertz CT molecular complexity index is 1930. The van der Waals surface area contributed by atoms with Gasteiger partial charge in [0.15, 0.2) is 0 Å². The third-order valence-corrected chi connectivity index (χ3v) is 7.40. The molecular formula is C38H37N5O5. The molecule has 0 fully saturated rings. The van der Waals surface area contributed by atoms with E-state index < -0.39 is 17.9 Å². The predicted molar refractivity (Wildman–Crippen MR) is 185 cm³/mol. The summed E-state index contributed by atoms with van der Waals surface area (Å²) in [5.74, 6) is 10.9. The topological polar surface area (TPSA) is 159 Å². The molecule has 2 heterocycles. The van der Waals surface area contributed by atoms with E-state index in [1.54, 1.807) is 60.9 Å². The highest BCUT2D eigenvalue weighted by Gasteiger charge is 2.23. The number of aldehydes is 1. The Morgan fingerprint density at radius 3 is 2.15 bits per heavy atom. The number of nitrogen functional groups attached to an aromatic ring is 1. The SMILES string of the molecule is CC(C)CN(C)C(Cc1ccc(O)cc1)C(=O)O.NNC(=O)c1cc(-c2ccc(C#Cc3ccc(C=O)cc3)cc2)nc2ccncc12. The number of aromatic hydroxyl groups is 1. The molecule has 0 bridgehead atoms. The van der Waals surface area contributed by atoms with E-state index in [9.17, 15) is 24.6 Å². The number of benzene rings is 3. The first-order valence-corrected chi connectivity index (χ1v) is 15.2. The third kappa shape index (κ3) is 9.56. The fourth-order valence-corrected chi connectivity index (χ4v) is 4.99. The summed E-state index contributed by atoms with van der Waals surface area (Å²) in [6.07, 6.45) is 4.47. The van der Waals surface area contributed by atoms with Crippen molar-refractivity contribution in [3.63, 3.8) is 0 Å². The van der Waals surface area contributed by atoms with Gasteiger partial charge in [0.2, 0.25) is 0 Å². The van der Waals surface area contributed by atoms with Gasteiger partial charge >= 0.3 is 5.97 Å². The maximum absolute atomic E-state index is 12.2. The molecule has 3 aromatic carbocycles. The van der Waals surface area contributed by atoms with Gasteiger partial charge in [-0.25, -0.2) is 10.8 Å². The number of fused-ring (bicyclic) bond motifs is 1. The number of pyridine rings is 2. The van der Waals surface area contributed by atoms with Gasteiger partial charge in [0.05, 0.1) is 16.8 Å². The maximum Gasteiger partial charge on any atom is 0.321 e. The van der Waals surface area contributed by atoms with E-state index in [1.807, 2.05) is 48.3 Å². The van der Waals surface area contributed by atoms with Crippen LogP contribution in [0.25, 0.3) is 22.2 Å². The van der Waals surface area contributed by atoms with Crippen molar-refractivity contribution in [2.45, 2.75) is 26.3 Å². The number of carbonyl (C=O) groups excluding carboxylic acids is 2. The molecule has 0 radical (unpaired) electrons. The second kappa shape index (κ2) is 16.6. The van der Waals surface area contributed by atoms with Crippen LogP contribution < -0.4 is 11.3 Å². The second-order valence-electron chi connectivity index (χ2n) is 11.5. The second-order valence-corrected chi connectivity index (χ2v) is 11.5. The number of hydrogen-bond acceptors (Lipinski definition) is 8. The Morgan fingerprint density at radius 2 is 1.58 bits per heavy atom. The number of rotatable bonds is 9.